The molecule has 1 aromatic carbocycles. The molecule has 1 unspecified atom stereocenters. The Bertz CT molecular complexity index is 491. The van der Waals surface area contributed by atoms with Crippen molar-refractivity contribution in [3.63, 3.8) is 0 Å². The fraction of sp³-hybridized carbons (Fsp3) is 0.300. The van der Waals surface area contributed by atoms with Gasteiger partial charge in [0.1, 0.15) is 6.04 Å². The Labute approximate surface area is 117 Å². The van der Waals surface area contributed by atoms with Gasteiger partial charge >= 0.3 is 5.97 Å². The van der Waals surface area contributed by atoms with Crippen molar-refractivity contribution >= 4 is 39.2 Å². The maximum Gasteiger partial charge on any atom is 0.328 e. The second kappa shape index (κ2) is 7.10. The number of azide groups is 1. The van der Waals surface area contributed by atoms with Gasteiger partial charge in [-0.1, -0.05) is 16.7 Å². The summed E-state index contributed by atoms with van der Waals surface area (Å²) in [5, 5.41) is 6.82. The number of rotatable bonds is 5. The molecule has 6 nitrogen and oxygen atoms in total. The molecule has 0 amide bonds. The van der Waals surface area contributed by atoms with Crippen molar-refractivity contribution in [1.29, 1.82) is 0 Å². The van der Waals surface area contributed by atoms with Crippen LogP contribution in [0.4, 0.5) is 5.69 Å². The first-order valence-electron chi connectivity index (χ1n) is 4.88. The number of carbonyl (C=O) groups excluding carboxylic acids is 1. The first-order valence-corrected chi connectivity index (χ1v) is 6.06. The summed E-state index contributed by atoms with van der Waals surface area (Å²) in [4.78, 5) is 14.1. The third-order valence-electron chi connectivity index (χ3n) is 2.07. The lowest BCUT2D eigenvalue weighted by Gasteiger charge is -2.15. The topological polar surface area (TPSA) is 87.1 Å². The average molecular weight is 334 g/mol. The quantitative estimate of drug-likeness (QED) is 0.388. The summed E-state index contributed by atoms with van der Waals surface area (Å²) in [5.41, 5.74) is 8.93. The van der Waals surface area contributed by atoms with E-state index in [0.717, 1.165) is 0 Å². The van der Waals surface area contributed by atoms with E-state index < -0.39 is 12.0 Å². The molecule has 0 aliphatic carbocycles. The summed E-state index contributed by atoms with van der Waals surface area (Å²) in [5.74, 6) is -0.506. The van der Waals surface area contributed by atoms with Gasteiger partial charge in [0.25, 0.3) is 0 Å². The van der Waals surface area contributed by atoms with Crippen molar-refractivity contribution < 1.29 is 9.53 Å². The molecule has 0 fully saturated rings. The van der Waals surface area contributed by atoms with E-state index in [1.165, 1.54) is 7.11 Å². The molecule has 0 bridgehead atoms. The first kappa shape index (κ1) is 14.6. The van der Waals surface area contributed by atoms with Gasteiger partial charge in [-0.25, -0.2) is 4.79 Å². The maximum absolute atomic E-state index is 11.5. The van der Waals surface area contributed by atoms with Crippen LogP contribution >= 0.6 is 27.5 Å². The Morgan fingerprint density at radius 3 is 3.00 bits per heavy atom. The molecule has 8 heteroatoms. The standard InChI is InChI=1S/C10H10BrClN4O2/c1-18-10(17)9(5-14-16-13)15-6-2-3-8(12)7(11)4-6/h2-4,9,15H,5H2,1H3. The van der Waals surface area contributed by atoms with E-state index in [2.05, 4.69) is 36.0 Å². The third-order valence-corrected chi connectivity index (χ3v) is 3.29. The summed E-state index contributed by atoms with van der Waals surface area (Å²) in [6, 6.07) is 4.36. The fourth-order valence-corrected chi connectivity index (χ4v) is 1.72. The predicted molar refractivity (Wildman–Crippen MR) is 72.6 cm³/mol. The van der Waals surface area contributed by atoms with Crippen LogP contribution in [0.15, 0.2) is 27.8 Å². The summed E-state index contributed by atoms with van der Waals surface area (Å²) in [6.45, 7) is -0.0383. The molecule has 1 N–H and O–H groups in total. The largest absolute Gasteiger partial charge is 0.467 e. The fourth-order valence-electron chi connectivity index (χ4n) is 1.23. The van der Waals surface area contributed by atoms with E-state index in [-0.39, 0.29) is 6.54 Å². The van der Waals surface area contributed by atoms with E-state index >= 15 is 0 Å². The lowest BCUT2D eigenvalue weighted by Crippen LogP contribution is -2.33. The average Bonchev–Trinajstić information content (AvgIpc) is 2.37. The highest BCUT2D eigenvalue weighted by molar-refractivity contribution is 9.10. The van der Waals surface area contributed by atoms with Crippen molar-refractivity contribution in [1.82, 2.24) is 0 Å². The second-order valence-electron chi connectivity index (χ2n) is 3.26. The van der Waals surface area contributed by atoms with E-state index in [1.807, 2.05) is 0 Å². The molecule has 1 aromatic rings. The van der Waals surface area contributed by atoms with Crippen LogP contribution in [0.2, 0.25) is 5.02 Å². The van der Waals surface area contributed by atoms with Crippen molar-refractivity contribution in [3.8, 4) is 0 Å². The summed E-state index contributed by atoms with van der Waals surface area (Å²) >= 11 is 9.13. The van der Waals surface area contributed by atoms with Crippen LogP contribution in [0.1, 0.15) is 0 Å². The summed E-state index contributed by atoms with van der Waals surface area (Å²) < 4.78 is 5.31. The van der Waals surface area contributed by atoms with Crippen LogP contribution < -0.4 is 5.32 Å². The van der Waals surface area contributed by atoms with E-state index in [0.29, 0.717) is 15.2 Å². The number of methoxy groups -OCH3 is 1. The van der Waals surface area contributed by atoms with E-state index in [9.17, 15) is 4.79 Å². The molecule has 0 saturated heterocycles. The predicted octanol–water partition coefficient (Wildman–Crippen LogP) is 3.37. The molecule has 0 spiro atoms. The highest BCUT2D eigenvalue weighted by Crippen LogP contribution is 2.25. The SMILES string of the molecule is COC(=O)C(CN=[N+]=[N-])Nc1ccc(Cl)c(Br)c1. The van der Waals surface area contributed by atoms with Gasteiger partial charge in [0.05, 0.1) is 18.7 Å². The highest BCUT2D eigenvalue weighted by atomic mass is 79.9. The highest BCUT2D eigenvalue weighted by Gasteiger charge is 2.18. The van der Waals surface area contributed by atoms with Gasteiger partial charge in [-0.15, -0.1) is 0 Å². The van der Waals surface area contributed by atoms with Gasteiger partial charge in [-0.2, -0.15) is 0 Å². The minimum Gasteiger partial charge on any atom is -0.467 e. The zero-order chi connectivity index (χ0) is 13.5. The Morgan fingerprint density at radius 1 is 1.72 bits per heavy atom. The van der Waals surface area contributed by atoms with Crippen LogP contribution in [-0.2, 0) is 9.53 Å². The summed E-state index contributed by atoms with van der Waals surface area (Å²) in [6.07, 6.45) is 0. The number of nitrogens with one attached hydrogen (secondary N) is 1. The molecular formula is C10H10BrClN4O2. The molecule has 0 saturated carbocycles. The van der Waals surface area contributed by atoms with Crippen LogP contribution in [0, 0.1) is 0 Å². The lowest BCUT2D eigenvalue weighted by molar-refractivity contribution is -0.141. The molecule has 18 heavy (non-hydrogen) atoms. The van der Waals surface area contributed by atoms with Gasteiger partial charge in [0.2, 0.25) is 0 Å². The van der Waals surface area contributed by atoms with Gasteiger partial charge in [0.15, 0.2) is 0 Å². The first-order chi connectivity index (χ1) is 8.58. The van der Waals surface area contributed by atoms with Crippen LogP contribution in [0.3, 0.4) is 0 Å². The molecule has 0 radical (unpaired) electrons. The number of hydrogen-bond donors (Lipinski definition) is 1. The van der Waals surface area contributed by atoms with Crippen molar-refractivity contribution in [3.05, 3.63) is 38.1 Å². The van der Waals surface area contributed by atoms with Gasteiger partial charge in [-0.05, 0) is 39.7 Å². The third kappa shape index (κ3) is 4.10. The Hall–Kier alpha value is -1.43. The normalized spacial score (nSPS) is 11.3. The van der Waals surface area contributed by atoms with Crippen molar-refractivity contribution in [2.75, 3.05) is 19.0 Å². The van der Waals surface area contributed by atoms with E-state index in [1.54, 1.807) is 18.2 Å². The molecular weight excluding hydrogens is 323 g/mol. The Morgan fingerprint density at radius 2 is 2.44 bits per heavy atom. The molecule has 1 atom stereocenters. The Balaban J connectivity index is 2.84. The zero-order valence-corrected chi connectivity index (χ0v) is 11.8. The number of nitrogens with zero attached hydrogens (tertiary/aromatic N) is 3. The van der Waals surface area contributed by atoms with Gasteiger partial charge < -0.3 is 10.1 Å². The van der Waals surface area contributed by atoms with Crippen LogP contribution in [0.25, 0.3) is 10.4 Å². The molecule has 1 rings (SSSR count). The molecule has 96 valence electrons. The number of anilines is 1. The minimum atomic E-state index is -0.737. The number of halogens is 2. The number of ether oxygens (including phenoxy) is 1. The Kier molecular flexibility index (Phi) is 5.77. The smallest absolute Gasteiger partial charge is 0.328 e. The van der Waals surface area contributed by atoms with Gasteiger partial charge in [-0.3, -0.25) is 0 Å². The number of esters is 1. The number of benzene rings is 1. The number of hydrogen-bond acceptors (Lipinski definition) is 4. The molecule has 0 aliphatic heterocycles. The number of carbonyl (C=O) groups is 1. The second-order valence-corrected chi connectivity index (χ2v) is 4.52. The van der Waals surface area contributed by atoms with Crippen molar-refractivity contribution in [2.45, 2.75) is 6.04 Å². The molecule has 0 aliphatic rings. The summed E-state index contributed by atoms with van der Waals surface area (Å²) in [7, 11) is 1.27. The van der Waals surface area contributed by atoms with Crippen molar-refractivity contribution in [2.24, 2.45) is 5.11 Å². The lowest BCUT2D eigenvalue weighted by atomic mass is 10.2. The van der Waals surface area contributed by atoms with E-state index in [4.69, 9.17) is 17.1 Å². The van der Waals surface area contributed by atoms with Gasteiger partial charge in [0, 0.05) is 15.1 Å². The maximum atomic E-state index is 11.5. The van der Waals surface area contributed by atoms with Crippen LogP contribution in [-0.4, -0.2) is 25.7 Å². The monoisotopic (exact) mass is 332 g/mol. The van der Waals surface area contributed by atoms with Crippen LogP contribution in [0.5, 0.6) is 0 Å². The minimum absolute atomic E-state index is 0.0383. The molecule has 0 aromatic heterocycles. The molecule has 0 heterocycles. The zero-order valence-electron chi connectivity index (χ0n) is 9.43.